The fraction of sp³-hybridized carbons (Fsp3) is 0.250. The lowest BCUT2D eigenvalue weighted by Crippen LogP contribution is -2.48. The van der Waals surface area contributed by atoms with Gasteiger partial charge in [-0.2, -0.15) is 4.99 Å². The minimum Gasteiger partial charge on any atom is -0.406 e. The molecule has 1 saturated heterocycles. The molecule has 3 aromatic carbocycles. The van der Waals surface area contributed by atoms with Crippen LogP contribution in [0.5, 0.6) is 5.75 Å². The van der Waals surface area contributed by atoms with Crippen LogP contribution in [0, 0.1) is 5.82 Å². The van der Waals surface area contributed by atoms with Crippen LogP contribution >= 0.6 is 24.0 Å². The van der Waals surface area contributed by atoms with Crippen LogP contribution in [0.2, 0.25) is 0 Å². The Kier molecular flexibility index (Phi) is 10.4. The number of carbonyl (C=O) groups excluding carboxylic acids is 2. The highest BCUT2D eigenvalue weighted by Gasteiger charge is 2.33. The van der Waals surface area contributed by atoms with Gasteiger partial charge in [0, 0.05) is 18.9 Å². The summed E-state index contributed by atoms with van der Waals surface area (Å²) in [6.45, 7) is 5.19. The maximum atomic E-state index is 14.0. The average Bonchev–Trinajstić information content (AvgIpc) is 3.64. The first kappa shape index (κ1) is 34.5. The molecule has 16 heteroatoms. The van der Waals surface area contributed by atoms with Crippen LogP contribution in [0.4, 0.5) is 23.2 Å². The SMILES string of the molecule is CC(=O)NC(Cc1ccc(-c2ncn(-c3ccc(OC(F)(F)F)cc3)n2)cc1)NC(=S)N=C1SCC(=O)N1c1ccc(F)cc1C(C)C. The second-order valence-corrected chi connectivity index (χ2v) is 12.3. The van der Waals surface area contributed by atoms with Gasteiger partial charge in [0.05, 0.1) is 17.1 Å². The summed E-state index contributed by atoms with van der Waals surface area (Å²) in [6.07, 6.45) is -3.65. The van der Waals surface area contributed by atoms with Crippen molar-refractivity contribution in [3.63, 3.8) is 0 Å². The van der Waals surface area contributed by atoms with E-state index >= 15 is 0 Å². The predicted octanol–water partition coefficient (Wildman–Crippen LogP) is 6.11. The molecule has 0 aliphatic carbocycles. The third-order valence-electron chi connectivity index (χ3n) is 6.97. The minimum absolute atomic E-state index is 0.0496. The zero-order valence-corrected chi connectivity index (χ0v) is 27.4. The summed E-state index contributed by atoms with van der Waals surface area (Å²) in [6, 6.07) is 16.8. The molecular weight excluding hydrogens is 671 g/mol. The number of amidine groups is 1. The first-order valence-electron chi connectivity index (χ1n) is 14.5. The van der Waals surface area contributed by atoms with Crippen molar-refractivity contribution in [2.45, 2.75) is 45.6 Å². The number of aliphatic imine (C=N–C) groups is 1. The molecule has 2 N–H and O–H groups in total. The Bertz CT molecular complexity index is 1850. The molecule has 4 aromatic rings. The van der Waals surface area contributed by atoms with Gasteiger partial charge in [0.2, 0.25) is 11.8 Å². The van der Waals surface area contributed by atoms with E-state index in [2.05, 4.69) is 30.4 Å². The maximum Gasteiger partial charge on any atom is 0.573 e. The van der Waals surface area contributed by atoms with E-state index in [1.54, 1.807) is 18.2 Å². The van der Waals surface area contributed by atoms with E-state index in [0.29, 0.717) is 39.9 Å². The van der Waals surface area contributed by atoms with Gasteiger partial charge in [-0.05, 0) is 71.7 Å². The van der Waals surface area contributed by atoms with Crippen molar-refractivity contribution in [1.82, 2.24) is 25.4 Å². The molecule has 10 nitrogen and oxygen atoms in total. The summed E-state index contributed by atoms with van der Waals surface area (Å²) in [5.41, 5.74) is 3.21. The quantitative estimate of drug-likeness (QED) is 0.122. The molecule has 1 aromatic heterocycles. The van der Waals surface area contributed by atoms with Crippen molar-refractivity contribution in [2.75, 3.05) is 10.7 Å². The number of hydrogen-bond donors (Lipinski definition) is 2. The number of nitrogens with zero attached hydrogens (tertiary/aromatic N) is 5. The third-order valence-corrected chi connectivity index (χ3v) is 8.10. The van der Waals surface area contributed by atoms with Gasteiger partial charge in [0.15, 0.2) is 16.1 Å². The molecule has 0 saturated carbocycles. The van der Waals surface area contributed by atoms with Crippen molar-refractivity contribution in [1.29, 1.82) is 0 Å². The Morgan fingerprint density at radius 2 is 1.79 bits per heavy atom. The molecular formula is C32H29F4N7O3S2. The van der Waals surface area contributed by atoms with E-state index in [4.69, 9.17) is 12.2 Å². The van der Waals surface area contributed by atoms with Crippen LogP contribution < -0.4 is 20.3 Å². The van der Waals surface area contributed by atoms with E-state index in [1.807, 2.05) is 26.0 Å². The van der Waals surface area contributed by atoms with E-state index in [-0.39, 0.29) is 34.3 Å². The fourth-order valence-corrected chi connectivity index (χ4v) is 6.02. The second-order valence-electron chi connectivity index (χ2n) is 10.9. The molecule has 250 valence electrons. The number of alkyl halides is 3. The molecule has 2 heterocycles. The number of hydrogen-bond acceptors (Lipinski definition) is 7. The van der Waals surface area contributed by atoms with Gasteiger partial charge in [0.25, 0.3) is 0 Å². The highest BCUT2D eigenvalue weighted by Crippen LogP contribution is 2.34. The third kappa shape index (κ3) is 8.74. The van der Waals surface area contributed by atoms with Crippen molar-refractivity contribution in [2.24, 2.45) is 4.99 Å². The minimum atomic E-state index is -4.78. The summed E-state index contributed by atoms with van der Waals surface area (Å²) < 4.78 is 56.7. The normalized spacial score (nSPS) is 14.8. The number of halogens is 4. The van der Waals surface area contributed by atoms with E-state index < -0.39 is 18.3 Å². The molecule has 0 bridgehead atoms. The average molecular weight is 700 g/mol. The number of thioether (sulfide) groups is 1. The number of ether oxygens (including phenoxy) is 1. The predicted molar refractivity (Wildman–Crippen MR) is 178 cm³/mol. The standard InChI is InChI=1S/C32H29F4N7O3S2/c1-18(2)25-15-22(33)8-13-26(25)43-28(45)16-48-31(43)40-30(47)39-27(38-19(3)44)14-20-4-6-21(7-5-20)29-37-17-42(41-29)23-9-11-24(12-10-23)46-32(34,35)36/h4-13,15,17-18,27H,14,16H2,1-3H3,(H,38,44)(H,39,47). The van der Waals surface area contributed by atoms with E-state index in [1.165, 1.54) is 71.0 Å². The van der Waals surface area contributed by atoms with Crippen molar-refractivity contribution >= 4 is 51.8 Å². The maximum absolute atomic E-state index is 14.0. The number of rotatable bonds is 9. The fourth-order valence-electron chi connectivity index (χ4n) is 4.87. The van der Waals surface area contributed by atoms with Crippen molar-refractivity contribution in [3.8, 4) is 22.8 Å². The molecule has 5 rings (SSSR count). The molecule has 1 atom stereocenters. The Balaban J connectivity index is 1.27. The zero-order chi connectivity index (χ0) is 34.6. The molecule has 0 spiro atoms. The van der Waals surface area contributed by atoms with Crippen molar-refractivity contribution in [3.05, 3.63) is 90.0 Å². The summed E-state index contributed by atoms with van der Waals surface area (Å²) in [5.74, 6) is -0.767. The van der Waals surface area contributed by atoms with Crippen molar-refractivity contribution < 1.29 is 31.9 Å². The van der Waals surface area contributed by atoms with Gasteiger partial charge in [-0.15, -0.1) is 18.3 Å². The highest BCUT2D eigenvalue weighted by molar-refractivity contribution is 8.15. The van der Waals surface area contributed by atoms with Gasteiger partial charge in [-0.25, -0.2) is 14.1 Å². The number of carbonyl (C=O) groups is 2. The van der Waals surface area contributed by atoms with Crippen LogP contribution in [0.15, 0.2) is 78.0 Å². The molecule has 1 aliphatic heterocycles. The van der Waals surface area contributed by atoms with Crippen LogP contribution in [-0.2, 0) is 16.0 Å². The molecule has 2 amide bonds. The zero-order valence-electron chi connectivity index (χ0n) is 25.8. The van der Waals surface area contributed by atoms with Gasteiger partial charge in [-0.1, -0.05) is 49.9 Å². The number of benzene rings is 3. The summed E-state index contributed by atoms with van der Waals surface area (Å²) in [7, 11) is 0. The molecule has 48 heavy (non-hydrogen) atoms. The second kappa shape index (κ2) is 14.5. The van der Waals surface area contributed by atoms with Crippen LogP contribution in [0.25, 0.3) is 17.1 Å². The first-order chi connectivity index (χ1) is 22.8. The van der Waals surface area contributed by atoms with Gasteiger partial charge in [-0.3, -0.25) is 14.5 Å². The summed E-state index contributed by atoms with van der Waals surface area (Å²) in [4.78, 5) is 35.1. The number of amides is 2. The van der Waals surface area contributed by atoms with Gasteiger partial charge < -0.3 is 15.4 Å². The van der Waals surface area contributed by atoms with Gasteiger partial charge >= 0.3 is 6.36 Å². The van der Waals surface area contributed by atoms with E-state index in [0.717, 1.165) is 5.56 Å². The number of anilines is 1. The Hall–Kier alpha value is -4.83. The molecule has 1 unspecified atom stereocenters. The van der Waals surface area contributed by atoms with E-state index in [9.17, 15) is 27.2 Å². The Morgan fingerprint density at radius 1 is 1.08 bits per heavy atom. The Labute approximate surface area is 282 Å². The van der Waals surface area contributed by atoms with Crippen LogP contribution in [0.3, 0.4) is 0 Å². The molecule has 0 radical (unpaired) electrons. The van der Waals surface area contributed by atoms with Crippen LogP contribution in [0.1, 0.15) is 37.8 Å². The molecule has 1 aliphatic rings. The van der Waals surface area contributed by atoms with Gasteiger partial charge in [0.1, 0.15) is 24.1 Å². The van der Waals surface area contributed by atoms with Crippen LogP contribution in [-0.4, -0.2) is 55.1 Å². The topological polar surface area (TPSA) is 114 Å². The first-order valence-corrected chi connectivity index (χ1v) is 15.9. The number of aromatic nitrogens is 3. The Morgan fingerprint density at radius 3 is 2.44 bits per heavy atom. The lowest BCUT2D eigenvalue weighted by Gasteiger charge is -2.23. The summed E-state index contributed by atoms with van der Waals surface area (Å²) in [5, 5.41) is 10.7. The number of nitrogens with one attached hydrogen (secondary N) is 2. The molecule has 1 fully saturated rings. The monoisotopic (exact) mass is 699 g/mol. The highest BCUT2D eigenvalue weighted by atomic mass is 32.2. The lowest BCUT2D eigenvalue weighted by molar-refractivity contribution is -0.274. The lowest BCUT2D eigenvalue weighted by atomic mass is 10.0. The summed E-state index contributed by atoms with van der Waals surface area (Å²) >= 11 is 6.71. The smallest absolute Gasteiger partial charge is 0.406 e. The number of thiocarbonyl (C=S) groups is 1. The largest absolute Gasteiger partial charge is 0.573 e.